The van der Waals surface area contributed by atoms with Crippen LogP contribution in [-0.4, -0.2) is 51.2 Å². The molecular weight excluding hydrogens is 316 g/mol. The standard InChI is InChI=1S/C16H24N2O4S/c1-13-3-5-15(6-4-13)22-12-9-16(19)18-10-7-14(8-11-18)17-23(2,20)21/h3-6,14,17H,7-12H2,1-2H3. The SMILES string of the molecule is Cc1ccc(OCCC(=O)N2CCC(NS(C)(=O)=O)CC2)cc1. The normalized spacial score (nSPS) is 16.3. The van der Waals surface area contributed by atoms with Crippen molar-refractivity contribution in [2.24, 2.45) is 0 Å². The van der Waals surface area contributed by atoms with Crippen molar-refractivity contribution in [3.8, 4) is 5.75 Å². The molecule has 0 saturated carbocycles. The van der Waals surface area contributed by atoms with Crippen LogP contribution in [0.2, 0.25) is 0 Å². The van der Waals surface area contributed by atoms with Gasteiger partial charge in [0.25, 0.3) is 0 Å². The smallest absolute Gasteiger partial charge is 0.225 e. The lowest BCUT2D eigenvalue weighted by atomic mass is 10.1. The lowest BCUT2D eigenvalue weighted by Crippen LogP contribution is -2.46. The number of aryl methyl sites for hydroxylation is 1. The molecule has 0 unspecified atom stereocenters. The number of piperidine rings is 1. The Hall–Kier alpha value is -1.60. The van der Waals surface area contributed by atoms with Crippen molar-refractivity contribution in [3.63, 3.8) is 0 Å². The minimum Gasteiger partial charge on any atom is -0.493 e. The number of nitrogens with one attached hydrogen (secondary N) is 1. The number of amides is 1. The zero-order chi connectivity index (χ0) is 16.9. The molecule has 1 aliphatic rings. The number of likely N-dealkylation sites (tertiary alicyclic amines) is 1. The third-order valence-electron chi connectivity index (χ3n) is 3.83. The van der Waals surface area contributed by atoms with Gasteiger partial charge in [-0.25, -0.2) is 13.1 Å². The number of nitrogens with zero attached hydrogens (tertiary/aromatic N) is 1. The number of hydrogen-bond acceptors (Lipinski definition) is 4. The Labute approximate surface area is 137 Å². The first-order valence-corrected chi connectivity index (χ1v) is 9.67. The van der Waals surface area contributed by atoms with Crippen LogP contribution in [0.1, 0.15) is 24.8 Å². The fraction of sp³-hybridized carbons (Fsp3) is 0.562. The molecule has 1 fully saturated rings. The molecular formula is C16H24N2O4S. The molecule has 23 heavy (non-hydrogen) atoms. The highest BCUT2D eigenvalue weighted by Gasteiger charge is 2.24. The molecule has 1 aromatic rings. The molecule has 2 rings (SSSR count). The molecule has 0 aromatic heterocycles. The molecule has 0 bridgehead atoms. The van der Waals surface area contributed by atoms with Gasteiger partial charge in [0.15, 0.2) is 0 Å². The van der Waals surface area contributed by atoms with Gasteiger partial charge < -0.3 is 9.64 Å². The van der Waals surface area contributed by atoms with Gasteiger partial charge in [0, 0.05) is 19.1 Å². The third kappa shape index (κ3) is 6.19. The van der Waals surface area contributed by atoms with E-state index in [2.05, 4.69) is 4.72 Å². The molecule has 6 nitrogen and oxygen atoms in total. The van der Waals surface area contributed by atoms with Crippen molar-refractivity contribution in [3.05, 3.63) is 29.8 Å². The summed E-state index contributed by atoms with van der Waals surface area (Å²) in [5.74, 6) is 0.814. The van der Waals surface area contributed by atoms with E-state index in [4.69, 9.17) is 4.74 Å². The molecule has 0 atom stereocenters. The fourth-order valence-corrected chi connectivity index (χ4v) is 3.44. The monoisotopic (exact) mass is 340 g/mol. The summed E-state index contributed by atoms with van der Waals surface area (Å²) in [5.41, 5.74) is 1.17. The second kappa shape index (κ2) is 7.79. The van der Waals surface area contributed by atoms with Gasteiger partial charge >= 0.3 is 0 Å². The second-order valence-corrected chi connectivity index (χ2v) is 7.74. The highest BCUT2D eigenvalue weighted by Crippen LogP contribution is 2.14. The van der Waals surface area contributed by atoms with Crippen LogP contribution in [-0.2, 0) is 14.8 Å². The number of hydrogen-bond donors (Lipinski definition) is 1. The Kier molecular flexibility index (Phi) is 6.01. The molecule has 1 heterocycles. The predicted molar refractivity (Wildman–Crippen MR) is 88.9 cm³/mol. The van der Waals surface area contributed by atoms with Gasteiger partial charge in [-0.3, -0.25) is 4.79 Å². The third-order valence-corrected chi connectivity index (χ3v) is 4.60. The van der Waals surface area contributed by atoms with E-state index in [1.54, 1.807) is 4.90 Å². The van der Waals surface area contributed by atoms with Crippen LogP contribution >= 0.6 is 0 Å². The first-order valence-electron chi connectivity index (χ1n) is 7.78. The van der Waals surface area contributed by atoms with Crippen LogP contribution in [0.3, 0.4) is 0 Å². The van der Waals surface area contributed by atoms with Crippen LogP contribution in [0.5, 0.6) is 5.75 Å². The summed E-state index contributed by atoms with van der Waals surface area (Å²) in [6.45, 7) is 3.52. The number of ether oxygens (including phenoxy) is 1. The van der Waals surface area contributed by atoms with Crippen LogP contribution in [0.25, 0.3) is 0 Å². The highest BCUT2D eigenvalue weighted by atomic mass is 32.2. The summed E-state index contributed by atoms with van der Waals surface area (Å²) >= 11 is 0. The van der Waals surface area contributed by atoms with E-state index in [-0.39, 0.29) is 11.9 Å². The molecule has 1 aliphatic heterocycles. The summed E-state index contributed by atoms with van der Waals surface area (Å²) in [5, 5.41) is 0. The molecule has 1 saturated heterocycles. The molecule has 128 valence electrons. The first-order chi connectivity index (χ1) is 10.8. The first kappa shape index (κ1) is 17.7. The molecule has 1 aromatic carbocycles. The zero-order valence-electron chi connectivity index (χ0n) is 13.6. The maximum absolute atomic E-state index is 12.1. The summed E-state index contributed by atoms with van der Waals surface area (Å²) in [7, 11) is -3.18. The summed E-state index contributed by atoms with van der Waals surface area (Å²) in [6, 6.07) is 7.65. The van der Waals surface area contributed by atoms with E-state index in [9.17, 15) is 13.2 Å². The Morgan fingerprint density at radius 2 is 1.87 bits per heavy atom. The van der Waals surface area contributed by atoms with Crippen LogP contribution < -0.4 is 9.46 Å². The van der Waals surface area contributed by atoms with Gasteiger partial charge in [-0.15, -0.1) is 0 Å². The average molecular weight is 340 g/mol. The Balaban J connectivity index is 1.70. The maximum Gasteiger partial charge on any atom is 0.225 e. The molecule has 1 amide bonds. The van der Waals surface area contributed by atoms with Gasteiger partial charge in [-0.1, -0.05) is 17.7 Å². The Bertz CT molecular complexity index is 620. The van der Waals surface area contributed by atoms with E-state index in [0.717, 1.165) is 12.0 Å². The van der Waals surface area contributed by atoms with Gasteiger partial charge in [0.05, 0.1) is 19.3 Å². The number of carbonyl (C=O) groups excluding carboxylic acids is 1. The molecule has 1 N–H and O–H groups in total. The lowest BCUT2D eigenvalue weighted by molar-refractivity contribution is -0.132. The van der Waals surface area contributed by atoms with Crippen molar-refractivity contribution in [1.82, 2.24) is 9.62 Å². The van der Waals surface area contributed by atoms with Crippen molar-refractivity contribution >= 4 is 15.9 Å². The summed E-state index contributed by atoms with van der Waals surface area (Å²) in [6.07, 6.45) is 2.79. The van der Waals surface area contributed by atoms with Gasteiger partial charge in [-0.05, 0) is 31.9 Å². The van der Waals surface area contributed by atoms with Gasteiger partial charge in [0.2, 0.25) is 15.9 Å². The molecule has 0 aliphatic carbocycles. The Morgan fingerprint density at radius 3 is 2.43 bits per heavy atom. The van der Waals surface area contributed by atoms with Crippen LogP contribution in [0, 0.1) is 6.92 Å². The fourth-order valence-electron chi connectivity index (χ4n) is 2.60. The molecule has 0 spiro atoms. The molecule has 0 radical (unpaired) electrons. The zero-order valence-corrected chi connectivity index (χ0v) is 14.4. The Morgan fingerprint density at radius 1 is 1.26 bits per heavy atom. The van der Waals surface area contributed by atoms with Crippen molar-refractivity contribution in [2.75, 3.05) is 26.0 Å². The number of rotatable bonds is 6. The van der Waals surface area contributed by atoms with E-state index in [1.807, 2.05) is 31.2 Å². The summed E-state index contributed by atoms with van der Waals surface area (Å²) < 4.78 is 30.6. The maximum atomic E-state index is 12.1. The number of benzene rings is 1. The number of carbonyl (C=O) groups is 1. The van der Waals surface area contributed by atoms with E-state index < -0.39 is 10.0 Å². The minimum atomic E-state index is -3.18. The molecule has 7 heteroatoms. The topological polar surface area (TPSA) is 75.7 Å². The number of sulfonamides is 1. The van der Waals surface area contributed by atoms with Crippen molar-refractivity contribution < 1.29 is 17.9 Å². The lowest BCUT2D eigenvalue weighted by Gasteiger charge is -2.32. The van der Waals surface area contributed by atoms with Crippen molar-refractivity contribution in [2.45, 2.75) is 32.2 Å². The van der Waals surface area contributed by atoms with Crippen LogP contribution in [0.15, 0.2) is 24.3 Å². The average Bonchev–Trinajstić information content (AvgIpc) is 2.48. The quantitative estimate of drug-likeness (QED) is 0.847. The van der Waals surface area contributed by atoms with Gasteiger partial charge in [0.1, 0.15) is 5.75 Å². The van der Waals surface area contributed by atoms with E-state index >= 15 is 0 Å². The van der Waals surface area contributed by atoms with E-state index in [1.165, 1.54) is 5.56 Å². The second-order valence-electron chi connectivity index (χ2n) is 5.96. The summed E-state index contributed by atoms with van der Waals surface area (Å²) in [4.78, 5) is 13.9. The van der Waals surface area contributed by atoms with Gasteiger partial charge in [-0.2, -0.15) is 0 Å². The predicted octanol–water partition coefficient (Wildman–Crippen LogP) is 1.30. The van der Waals surface area contributed by atoms with E-state index in [0.29, 0.717) is 39.0 Å². The van der Waals surface area contributed by atoms with Crippen LogP contribution in [0.4, 0.5) is 0 Å². The highest BCUT2D eigenvalue weighted by molar-refractivity contribution is 7.88. The minimum absolute atomic E-state index is 0.0508. The largest absolute Gasteiger partial charge is 0.493 e. The van der Waals surface area contributed by atoms with Crippen molar-refractivity contribution in [1.29, 1.82) is 0 Å².